The van der Waals surface area contributed by atoms with Gasteiger partial charge in [0.15, 0.2) is 11.5 Å². The molecule has 0 spiro atoms. The fourth-order valence-corrected chi connectivity index (χ4v) is 3.36. The van der Waals surface area contributed by atoms with E-state index in [1.165, 1.54) is 50.3 Å². The van der Waals surface area contributed by atoms with Crippen molar-refractivity contribution in [1.29, 1.82) is 0 Å². The fraction of sp³-hybridized carbons (Fsp3) is 0.190. The van der Waals surface area contributed by atoms with Crippen LogP contribution < -0.4 is 14.4 Å². The maximum Gasteiger partial charge on any atom is 0.335 e. The van der Waals surface area contributed by atoms with Crippen LogP contribution in [0.1, 0.15) is 28.9 Å². The van der Waals surface area contributed by atoms with Crippen LogP contribution in [-0.2, 0) is 9.59 Å². The Balaban J connectivity index is 2.24. The summed E-state index contributed by atoms with van der Waals surface area (Å²) in [5.74, 6) is -2.29. The van der Waals surface area contributed by atoms with E-state index in [1.807, 2.05) is 0 Å². The summed E-state index contributed by atoms with van der Waals surface area (Å²) in [6, 6.07) is 9.57. The van der Waals surface area contributed by atoms with Crippen molar-refractivity contribution in [3.63, 3.8) is 0 Å². The maximum absolute atomic E-state index is 12.9. The van der Waals surface area contributed by atoms with Gasteiger partial charge >= 0.3 is 5.97 Å². The molecule has 0 bridgehead atoms. The van der Waals surface area contributed by atoms with Crippen molar-refractivity contribution < 1.29 is 34.1 Å². The van der Waals surface area contributed by atoms with Crippen LogP contribution in [0.15, 0.2) is 53.8 Å². The summed E-state index contributed by atoms with van der Waals surface area (Å²) < 4.78 is 10.6. The van der Waals surface area contributed by atoms with Crippen molar-refractivity contribution in [2.45, 2.75) is 13.0 Å². The molecular formula is C21H19NO7. The SMILES string of the molecule is COc1ccc(C2C(C(C)=O)=C(O)C(=O)N2c2cccc(C(=O)O)c2)c(OC)c1. The Kier molecular flexibility index (Phi) is 5.27. The number of aliphatic hydroxyl groups excluding tert-OH is 1. The van der Waals surface area contributed by atoms with E-state index in [0.717, 1.165) is 0 Å². The molecule has 3 rings (SSSR count). The minimum absolute atomic E-state index is 0.0356. The predicted octanol–water partition coefficient (Wildman–Crippen LogP) is 2.89. The molecule has 1 heterocycles. The zero-order chi connectivity index (χ0) is 21.3. The molecule has 2 aromatic carbocycles. The summed E-state index contributed by atoms with van der Waals surface area (Å²) in [5, 5.41) is 19.7. The van der Waals surface area contributed by atoms with Gasteiger partial charge in [0.25, 0.3) is 5.91 Å². The number of anilines is 1. The number of aromatic carboxylic acids is 1. The Labute approximate surface area is 166 Å². The number of Topliss-reactive ketones (excluding diaryl/α,β-unsaturated/α-hetero) is 1. The summed E-state index contributed by atoms with van der Waals surface area (Å²) in [5.41, 5.74) is 0.530. The summed E-state index contributed by atoms with van der Waals surface area (Å²) in [4.78, 5) is 37.7. The molecule has 2 N–H and O–H groups in total. The summed E-state index contributed by atoms with van der Waals surface area (Å²) in [6.45, 7) is 1.25. The Morgan fingerprint density at radius 1 is 1.07 bits per heavy atom. The van der Waals surface area contributed by atoms with Crippen LogP contribution in [0.4, 0.5) is 5.69 Å². The van der Waals surface area contributed by atoms with E-state index >= 15 is 0 Å². The second-order valence-corrected chi connectivity index (χ2v) is 6.36. The van der Waals surface area contributed by atoms with Gasteiger partial charge in [-0.25, -0.2) is 4.79 Å². The van der Waals surface area contributed by atoms with Crippen molar-refractivity contribution in [3.8, 4) is 11.5 Å². The Bertz CT molecular complexity index is 1040. The molecule has 1 aliphatic rings. The summed E-state index contributed by atoms with van der Waals surface area (Å²) >= 11 is 0. The average Bonchev–Trinajstić information content (AvgIpc) is 2.98. The number of carboxylic acid groups (broad SMARTS) is 1. The number of hydrogen-bond acceptors (Lipinski definition) is 6. The van der Waals surface area contributed by atoms with Gasteiger partial charge in [0.1, 0.15) is 11.5 Å². The van der Waals surface area contributed by atoms with Gasteiger partial charge in [0.2, 0.25) is 0 Å². The highest BCUT2D eigenvalue weighted by molar-refractivity contribution is 6.16. The fourth-order valence-electron chi connectivity index (χ4n) is 3.36. The molecule has 1 aliphatic heterocycles. The lowest BCUT2D eigenvalue weighted by Gasteiger charge is -2.28. The topological polar surface area (TPSA) is 113 Å². The molecular weight excluding hydrogens is 378 g/mol. The van der Waals surface area contributed by atoms with Crippen LogP contribution in [0.3, 0.4) is 0 Å². The Hall–Kier alpha value is -3.81. The number of benzene rings is 2. The van der Waals surface area contributed by atoms with E-state index in [4.69, 9.17) is 9.47 Å². The molecule has 29 heavy (non-hydrogen) atoms. The third-order valence-corrected chi connectivity index (χ3v) is 4.69. The third kappa shape index (κ3) is 3.40. The van der Waals surface area contributed by atoms with Gasteiger partial charge in [-0.05, 0) is 37.3 Å². The molecule has 0 aromatic heterocycles. The van der Waals surface area contributed by atoms with Gasteiger partial charge < -0.3 is 19.7 Å². The minimum atomic E-state index is -1.17. The number of ketones is 1. The monoisotopic (exact) mass is 397 g/mol. The predicted molar refractivity (Wildman–Crippen MR) is 104 cm³/mol. The highest BCUT2D eigenvalue weighted by atomic mass is 16.5. The number of amides is 1. The molecule has 0 saturated heterocycles. The van der Waals surface area contributed by atoms with Crippen LogP contribution in [0.5, 0.6) is 11.5 Å². The highest BCUT2D eigenvalue weighted by Gasteiger charge is 2.44. The number of carbonyl (C=O) groups is 3. The van der Waals surface area contributed by atoms with Gasteiger partial charge in [-0.3, -0.25) is 14.5 Å². The lowest BCUT2D eigenvalue weighted by molar-refractivity contribution is -0.117. The Morgan fingerprint density at radius 2 is 1.79 bits per heavy atom. The first-order chi connectivity index (χ1) is 13.8. The van der Waals surface area contributed by atoms with E-state index in [0.29, 0.717) is 17.1 Å². The second kappa shape index (κ2) is 7.67. The van der Waals surface area contributed by atoms with Crippen LogP contribution in [0.2, 0.25) is 0 Å². The molecule has 1 atom stereocenters. The van der Waals surface area contributed by atoms with Gasteiger partial charge in [-0.1, -0.05) is 6.07 Å². The number of ether oxygens (including phenoxy) is 2. The zero-order valence-corrected chi connectivity index (χ0v) is 16.0. The molecule has 8 nitrogen and oxygen atoms in total. The summed E-state index contributed by atoms with van der Waals surface area (Å²) in [6.07, 6.45) is 0. The molecule has 1 amide bonds. The van der Waals surface area contributed by atoms with E-state index in [-0.39, 0.29) is 16.8 Å². The number of rotatable bonds is 6. The molecule has 0 saturated carbocycles. The Morgan fingerprint density at radius 3 is 2.38 bits per heavy atom. The lowest BCUT2D eigenvalue weighted by Crippen LogP contribution is -2.31. The van der Waals surface area contributed by atoms with Crippen molar-refractivity contribution in [2.75, 3.05) is 19.1 Å². The molecule has 0 fully saturated rings. The largest absolute Gasteiger partial charge is 0.503 e. The van der Waals surface area contributed by atoms with Crippen LogP contribution in [-0.4, -0.2) is 42.1 Å². The van der Waals surface area contributed by atoms with E-state index in [1.54, 1.807) is 18.2 Å². The van der Waals surface area contributed by atoms with Crippen molar-refractivity contribution >= 4 is 23.3 Å². The summed E-state index contributed by atoms with van der Waals surface area (Å²) in [7, 11) is 2.92. The first-order valence-corrected chi connectivity index (χ1v) is 8.63. The number of nitrogens with zero attached hydrogens (tertiary/aromatic N) is 1. The standard InChI is InChI=1S/C21H19NO7/c1-11(23)17-18(15-8-7-14(28-2)10-16(15)29-3)22(20(25)19(17)24)13-6-4-5-12(9-13)21(26)27/h4-10,18,24H,1-3H3,(H,26,27). The van der Waals surface area contributed by atoms with Gasteiger partial charge in [0, 0.05) is 17.3 Å². The number of carbonyl (C=O) groups excluding carboxylic acids is 2. The smallest absolute Gasteiger partial charge is 0.335 e. The van der Waals surface area contributed by atoms with Crippen molar-refractivity contribution in [1.82, 2.24) is 0 Å². The van der Waals surface area contributed by atoms with Gasteiger partial charge in [0.05, 0.1) is 31.4 Å². The molecule has 150 valence electrons. The maximum atomic E-state index is 12.9. The number of hydrogen-bond donors (Lipinski definition) is 2. The molecule has 0 radical (unpaired) electrons. The zero-order valence-electron chi connectivity index (χ0n) is 16.0. The third-order valence-electron chi connectivity index (χ3n) is 4.69. The average molecular weight is 397 g/mol. The first-order valence-electron chi connectivity index (χ1n) is 8.63. The van der Waals surface area contributed by atoms with Crippen LogP contribution >= 0.6 is 0 Å². The molecule has 8 heteroatoms. The first kappa shape index (κ1) is 19.9. The van der Waals surface area contributed by atoms with Gasteiger partial charge in [-0.15, -0.1) is 0 Å². The van der Waals surface area contributed by atoms with E-state index in [9.17, 15) is 24.6 Å². The highest BCUT2D eigenvalue weighted by Crippen LogP contribution is 2.44. The lowest BCUT2D eigenvalue weighted by atomic mass is 9.95. The quantitative estimate of drug-likeness (QED) is 0.770. The van der Waals surface area contributed by atoms with E-state index < -0.39 is 29.5 Å². The van der Waals surface area contributed by atoms with Crippen LogP contribution in [0, 0.1) is 0 Å². The van der Waals surface area contributed by atoms with Crippen molar-refractivity contribution in [2.24, 2.45) is 0 Å². The normalized spacial score (nSPS) is 16.2. The van der Waals surface area contributed by atoms with Gasteiger partial charge in [-0.2, -0.15) is 0 Å². The van der Waals surface area contributed by atoms with Crippen LogP contribution in [0.25, 0.3) is 0 Å². The molecule has 2 aromatic rings. The number of methoxy groups -OCH3 is 2. The molecule has 1 unspecified atom stereocenters. The molecule has 0 aliphatic carbocycles. The number of aliphatic hydroxyl groups is 1. The minimum Gasteiger partial charge on any atom is -0.503 e. The number of carboxylic acids is 1. The second-order valence-electron chi connectivity index (χ2n) is 6.36. The van der Waals surface area contributed by atoms with E-state index in [2.05, 4.69) is 0 Å². The van der Waals surface area contributed by atoms with Crippen molar-refractivity contribution in [3.05, 3.63) is 64.9 Å².